The lowest BCUT2D eigenvalue weighted by atomic mass is 10.1. The van der Waals surface area contributed by atoms with Crippen LogP contribution in [0.25, 0.3) is 16.9 Å². The van der Waals surface area contributed by atoms with Crippen LogP contribution < -0.4 is 0 Å². The number of hydrogen-bond acceptors (Lipinski definition) is 3. The fraction of sp³-hybridized carbons (Fsp3) is 0.0625. The van der Waals surface area contributed by atoms with Crippen molar-refractivity contribution in [3.8, 4) is 16.9 Å². The normalized spacial score (nSPS) is 11.5. The Hall–Kier alpha value is -2.87. The molecule has 3 aromatic rings. The summed E-state index contributed by atoms with van der Waals surface area (Å²) in [6.07, 6.45) is -4.62. The number of rotatable bonds is 3. The lowest BCUT2D eigenvalue weighted by molar-refractivity contribution is -0.384. The van der Waals surface area contributed by atoms with E-state index in [1.54, 1.807) is 24.3 Å². The third-order valence-electron chi connectivity index (χ3n) is 3.44. The summed E-state index contributed by atoms with van der Waals surface area (Å²) in [7, 11) is 0. The highest BCUT2D eigenvalue weighted by Crippen LogP contribution is 2.33. The van der Waals surface area contributed by atoms with Crippen molar-refractivity contribution >= 4 is 17.3 Å². The Morgan fingerprint density at radius 2 is 1.64 bits per heavy atom. The molecule has 0 atom stereocenters. The van der Waals surface area contributed by atoms with Gasteiger partial charge in [-0.15, -0.1) is 0 Å². The molecule has 0 amide bonds. The highest BCUT2D eigenvalue weighted by Gasteiger charge is 2.35. The van der Waals surface area contributed by atoms with Gasteiger partial charge in [0.15, 0.2) is 5.69 Å². The van der Waals surface area contributed by atoms with Gasteiger partial charge in [-0.2, -0.15) is 18.3 Å². The van der Waals surface area contributed by atoms with E-state index >= 15 is 0 Å². The van der Waals surface area contributed by atoms with E-state index in [0.29, 0.717) is 10.6 Å². The molecule has 2 aromatic carbocycles. The predicted molar refractivity (Wildman–Crippen MR) is 85.7 cm³/mol. The number of halogens is 4. The minimum absolute atomic E-state index is 0.167. The molecule has 0 unspecified atom stereocenters. The number of alkyl halides is 3. The fourth-order valence-corrected chi connectivity index (χ4v) is 2.38. The zero-order valence-electron chi connectivity index (χ0n) is 12.4. The second kappa shape index (κ2) is 6.21. The maximum atomic E-state index is 13.1. The molecule has 1 heterocycles. The Balaban J connectivity index is 2.15. The molecular formula is C16H9ClF3N3O2. The largest absolute Gasteiger partial charge is 0.435 e. The van der Waals surface area contributed by atoms with Gasteiger partial charge in [0.05, 0.1) is 16.3 Å². The summed E-state index contributed by atoms with van der Waals surface area (Å²) in [6, 6.07) is 12.3. The summed E-state index contributed by atoms with van der Waals surface area (Å²) in [5.74, 6) is 0. The maximum absolute atomic E-state index is 13.1. The Morgan fingerprint density at radius 1 is 1.04 bits per heavy atom. The van der Waals surface area contributed by atoms with Crippen molar-refractivity contribution in [2.45, 2.75) is 6.18 Å². The van der Waals surface area contributed by atoms with Gasteiger partial charge < -0.3 is 0 Å². The maximum Gasteiger partial charge on any atom is 0.435 e. The third kappa shape index (κ3) is 3.48. The first-order valence-electron chi connectivity index (χ1n) is 6.94. The molecule has 0 saturated heterocycles. The molecule has 3 rings (SSSR count). The fourth-order valence-electron chi connectivity index (χ4n) is 2.26. The van der Waals surface area contributed by atoms with Gasteiger partial charge in [0, 0.05) is 22.7 Å². The smallest absolute Gasteiger partial charge is 0.258 e. The Morgan fingerprint density at radius 3 is 2.16 bits per heavy atom. The molecule has 0 aliphatic carbocycles. The molecule has 0 radical (unpaired) electrons. The molecule has 0 saturated carbocycles. The van der Waals surface area contributed by atoms with Crippen LogP contribution in [-0.4, -0.2) is 14.7 Å². The van der Waals surface area contributed by atoms with Crippen LogP contribution in [0, 0.1) is 10.1 Å². The first-order chi connectivity index (χ1) is 11.8. The lowest BCUT2D eigenvalue weighted by Crippen LogP contribution is -2.07. The molecule has 1 aromatic heterocycles. The summed E-state index contributed by atoms with van der Waals surface area (Å²) in [5.41, 5.74) is -0.287. The number of non-ortho nitro benzene ring substituents is 1. The van der Waals surface area contributed by atoms with Crippen LogP contribution >= 0.6 is 11.6 Å². The Kier molecular flexibility index (Phi) is 4.22. The van der Waals surface area contributed by atoms with E-state index in [1.807, 2.05) is 0 Å². The number of aromatic nitrogens is 2. The summed E-state index contributed by atoms with van der Waals surface area (Å²) in [6.45, 7) is 0. The summed E-state index contributed by atoms with van der Waals surface area (Å²) < 4.78 is 40.3. The van der Waals surface area contributed by atoms with Crippen LogP contribution in [0.15, 0.2) is 54.6 Å². The molecular weight excluding hydrogens is 359 g/mol. The van der Waals surface area contributed by atoms with Gasteiger partial charge in [-0.05, 0) is 30.3 Å². The van der Waals surface area contributed by atoms with E-state index in [9.17, 15) is 23.3 Å². The van der Waals surface area contributed by atoms with Crippen LogP contribution in [0.2, 0.25) is 5.02 Å². The number of benzene rings is 2. The topological polar surface area (TPSA) is 61.0 Å². The van der Waals surface area contributed by atoms with Crippen molar-refractivity contribution in [1.82, 2.24) is 9.78 Å². The van der Waals surface area contributed by atoms with Crippen molar-refractivity contribution in [2.75, 3.05) is 0 Å². The van der Waals surface area contributed by atoms with Crippen LogP contribution in [0.1, 0.15) is 5.69 Å². The van der Waals surface area contributed by atoms with Gasteiger partial charge in [-0.1, -0.05) is 23.7 Å². The average Bonchev–Trinajstić information content (AvgIpc) is 3.01. The van der Waals surface area contributed by atoms with Gasteiger partial charge in [0.25, 0.3) is 5.69 Å². The van der Waals surface area contributed by atoms with E-state index in [2.05, 4.69) is 5.10 Å². The SMILES string of the molecule is O=[N+]([O-])c1ccc(-n2nc(C(F)(F)F)cc2-c2ccc(Cl)cc2)cc1. The molecule has 9 heteroatoms. The van der Waals surface area contributed by atoms with E-state index in [4.69, 9.17) is 11.6 Å². The standard InChI is InChI=1S/C16H9ClF3N3O2/c17-11-3-1-10(2-4-11)14-9-15(16(18,19)20)21-22(14)12-5-7-13(8-6-12)23(24)25/h1-9H. The average molecular weight is 368 g/mol. The van der Waals surface area contributed by atoms with Crippen LogP contribution in [0.4, 0.5) is 18.9 Å². The minimum atomic E-state index is -4.62. The molecule has 25 heavy (non-hydrogen) atoms. The summed E-state index contributed by atoms with van der Waals surface area (Å²) in [4.78, 5) is 10.1. The van der Waals surface area contributed by atoms with Crippen LogP contribution in [0.3, 0.4) is 0 Å². The molecule has 0 aliphatic heterocycles. The van der Waals surface area contributed by atoms with Crippen LogP contribution in [-0.2, 0) is 6.18 Å². The second-order valence-electron chi connectivity index (χ2n) is 5.10. The molecule has 5 nitrogen and oxygen atoms in total. The molecule has 0 spiro atoms. The molecule has 0 N–H and O–H groups in total. The highest BCUT2D eigenvalue weighted by molar-refractivity contribution is 6.30. The van der Waals surface area contributed by atoms with Gasteiger partial charge >= 0.3 is 6.18 Å². The Labute approximate surface area is 144 Å². The zero-order valence-corrected chi connectivity index (χ0v) is 13.1. The lowest BCUT2D eigenvalue weighted by Gasteiger charge is -2.07. The van der Waals surface area contributed by atoms with E-state index < -0.39 is 16.8 Å². The predicted octanol–water partition coefficient (Wildman–Crippen LogP) is 5.12. The van der Waals surface area contributed by atoms with Gasteiger partial charge in [0.2, 0.25) is 0 Å². The van der Waals surface area contributed by atoms with Crippen LogP contribution in [0.5, 0.6) is 0 Å². The zero-order chi connectivity index (χ0) is 18.2. The van der Waals surface area contributed by atoms with Gasteiger partial charge in [0.1, 0.15) is 0 Å². The van der Waals surface area contributed by atoms with Crippen molar-refractivity contribution in [3.05, 3.63) is 75.4 Å². The van der Waals surface area contributed by atoms with E-state index in [0.717, 1.165) is 10.7 Å². The first kappa shape index (κ1) is 17.0. The van der Waals surface area contributed by atoms with E-state index in [-0.39, 0.29) is 17.1 Å². The molecule has 0 aliphatic rings. The minimum Gasteiger partial charge on any atom is -0.258 e. The molecule has 0 fully saturated rings. The van der Waals surface area contributed by atoms with Crippen molar-refractivity contribution in [2.24, 2.45) is 0 Å². The summed E-state index contributed by atoms with van der Waals surface area (Å²) >= 11 is 5.81. The first-order valence-corrected chi connectivity index (χ1v) is 7.31. The Bertz CT molecular complexity index is 919. The number of nitro groups is 1. The van der Waals surface area contributed by atoms with Gasteiger partial charge in [-0.3, -0.25) is 10.1 Å². The highest BCUT2D eigenvalue weighted by atomic mass is 35.5. The number of nitro benzene ring substituents is 1. The summed E-state index contributed by atoms with van der Waals surface area (Å²) in [5, 5.41) is 14.8. The quantitative estimate of drug-likeness (QED) is 0.477. The van der Waals surface area contributed by atoms with Crippen molar-refractivity contribution < 1.29 is 18.1 Å². The van der Waals surface area contributed by atoms with Crippen molar-refractivity contribution in [1.29, 1.82) is 0 Å². The van der Waals surface area contributed by atoms with Gasteiger partial charge in [-0.25, -0.2) is 4.68 Å². The third-order valence-corrected chi connectivity index (χ3v) is 3.70. The number of hydrogen-bond donors (Lipinski definition) is 0. The van der Waals surface area contributed by atoms with Crippen molar-refractivity contribution in [3.63, 3.8) is 0 Å². The number of nitrogens with zero attached hydrogens (tertiary/aromatic N) is 3. The molecule has 0 bridgehead atoms. The van der Waals surface area contributed by atoms with E-state index in [1.165, 1.54) is 24.3 Å². The second-order valence-corrected chi connectivity index (χ2v) is 5.54. The molecule has 128 valence electrons. The monoisotopic (exact) mass is 367 g/mol.